The summed E-state index contributed by atoms with van der Waals surface area (Å²) in [5, 5.41) is 7.30. The molecular formula is C14H20N2O. The standard InChI is InChI=1S/C14H20N2O/c15-14(16)13-7-5-12(6-8-13)10-17-9-11-3-1-2-4-11/h5-8,11H,1-4,9-10H2,(H3,15,16). The van der Waals surface area contributed by atoms with Gasteiger partial charge in [0.25, 0.3) is 0 Å². The van der Waals surface area contributed by atoms with Gasteiger partial charge in [0.1, 0.15) is 5.84 Å². The summed E-state index contributed by atoms with van der Waals surface area (Å²) in [7, 11) is 0. The lowest BCUT2D eigenvalue weighted by Crippen LogP contribution is -2.11. The third-order valence-electron chi connectivity index (χ3n) is 3.36. The van der Waals surface area contributed by atoms with E-state index in [1.54, 1.807) is 0 Å². The molecule has 2 rings (SSSR count). The quantitative estimate of drug-likeness (QED) is 0.605. The fourth-order valence-electron chi connectivity index (χ4n) is 2.30. The van der Waals surface area contributed by atoms with Crippen molar-refractivity contribution in [3.05, 3.63) is 35.4 Å². The van der Waals surface area contributed by atoms with Crippen LogP contribution in [0.1, 0.15) is 36.8 Å². The number of benzene rings is 1. The first-order valence-electron chi connectivity index (χ1n) is 6.27. The van der Waals surface area contributed by atoms with E-state index in [-0.39, 0.29) is 5.84 Å². The molecular weight excluding hydrogens is 212 g/mol. The number of rotatable bonds is 5. The van der Waals surface area contributed by atoms with E-state index < -0.39 is 0 Å². The predicted molar refractivity (Wildman–Crippen MR) is 69.1 cm³/mol. The molecule has 1 aromatic carbocycles. The topological polar surface area (TPSA) is 59.1 Å². The van der Waals surface area contributed by atoms with Crippen LogP contribution in [-0.2, 0) is 11.3 Å². The predicted octanol–water partition coefficient (Wildman–Crippen LogP) is 2.68. The molecule has 0 aliphatic heterocycles. The number of amidine groups is 1. The first kappa shape index (κ1) is 12.1. The molecule has 0 unspecified atom stereocenters. The van der Waals surface area contributed by atoms with Gasteiger partial charge in [0.05, 0.1) is 6.61 Å². The van der Waals surface area contributed by atoms with Crippen molar-refractivity contribution >= 4 is 5.84 Å². The van der Waals surface area contributed by atoms with Gasteiger partial charge >= 0.3 is 0 Å². The summed E-state index contributed by atoms with van der Waals surface area (Å²) >= 11 is 0. The summed E-state index contributed by atoms with van der Waals surface area (Å²) in [5.41, 5.74) is 7.31. The van der Waals surface area contributed by atoms with Crippen molar-refractivity contribution in [3.63, 3.8) is 0 Å². The van der Waals surface area contributed by atoms with Crippen molar-refractivity contribution in [2.45, 2.75) is 32.3 Å². The Balaban J connectivity index is 1.76. The number of nitrogen functional groups attached to an aromatic ring is 1. The molecule has 0 aromatic heterocycles. The Morgan fingerprint density at radius 2 is 1.88 bits per heavy atom. The Bertz CT molecular complexity index is 366. The highest BCUT2D eigenvalue weighted by Gasteiger charge is 2.14. The highest BCUT2D eigenvalue weighted by Crippen LogP contribution is 2.24. The lowest BCUT2D eigenvalue weighted by Gasteiger charge is -2.10. The van der Waals surface area contributed by atoms with Gasteiger partial charge in [-0.1, -0.05) is 37.1 Å². The summed E-state index contributed by atoms with van der Waals surface area (Å²) in [6, 6.07) is 7.70. The van der Waals surface area contributed by atoms with E-state index in [1.165, 1.54) is 25.7 Å². The Labute approximate surface area is 102 Å². The second-order valence-corrected chi connectivity index (χ2v) is 4.78. The van der Waals surface area contributed by atoms with Crippen molar-refractivity contribution in [2.24, 2.45) is 11.7 Å². The second-order valence-electron chi connectivity index (χ2n) is 4.78. The molecule has 1 saturated carbocycles. The normalized spacial score (nSPS) is 16.2. The van der Waals surface area contributed by atoms with Crippen LogP contribution in [0.25, 0.3) is 0 Å². The highest BCUT2D eigenvalue weighted by molar-refractivity contribution is 5.94. The van der Waals surface area contributed by atoms with E-state index >= 15 is 0 Å². The van der Waals surface area contributed by atoms with Gasteiger partial charge in [-0.05, 0) is 24.3 Å². The average molecular weight is 232 g/mol. The van der Waals surface area contributed by atoms with Gasteiger partial charge in [-0.15, -0.1) is 0 Å². The van der Waals surface area contributed by atoms with Gasteiger partial charge in [-0.3, -0.25) is 5.41 Å². The van der Waals surface area contributed by atoms with Crippen molar-refractivity contribution in [1.82, 2.24) is 0 Å². The van der Waals surface area contributed by atoms with Gasteiger partial charge in [-0.2, -0.15) is 0 Å². The van der Waals surface area contributed by atoms with Crippen LogP contribution < -0.4 is 5.73 Å². The van der Waals surface area contributed by atoms with Crippen LogP contribution >= 0.6 is 0 Å². The van der Waals surface area contributed by atoms with Crippen LogP contribution in [0.15, 0.2) is 24.3 Å². The third-order valence-corrected chi connectivity index (χ3v) is 3.36. The fraction of sp³-hybridized carbons (Fsp3) is 0.500. The molecule has 0 saturated heterocycles. The third kappa shape index (κ3) is 3.56. The van der Waals surface area contributed by atoms with Crippen LogP contribution in [0, 0.1) is 11.3 Å². The Hall–Kier alpha value is -1.35. The van der Waals surface area contributed by atoms with E-state index in [1.807, 2.05) is 24.3 Å². The molecule has 1 aromatic rings. The minimum absolute atomic E-state index is 0.114. The zero-order valence-electron chi connectivity index (χ0n) is 10.1. The average Bonchev–Trinajstić information content (AvgIpc) is 2.83. The molecule has 17 heavy (non-hydrogen) atoms. The number of nitrogens with one attached hydrogen (secondary N) is 1. The van der Waals surface area contributed by atoms with Gasteiger partial charge in [0, 0.05) is 12.2 Å². The summed E-state index contributed by atoms with van der Waals surface area (Å²) < 4.78 is 5.72. The van der Waals surface area contributed by atoms with Crippen LogP contribution in [0.3, 0.4) is 0 Å². The summed E-state index contributed by atoms with van der Waals surface area (Å²) in [4.78, 5) is 0. The summed E-state index contributed by atoms with van der Waals surface area (Å²) in [6.45, 7) is 1.54. The molecule has 0 spiro atoms. The minimum atomic E-state index is 0.114. The maximum atomic E-state index is 7.30. The SMILES string of the molecule is N=C(N)c1ccc(COCC2CCCC2)cc1. The Morgan fingerprint density at radius 1 is 1.24 bits per heavy atom. The molecule has 3 N–H and O–H groups in total. The lowest BCUT2D eigenvalue weighted by molar-refractivity contribution is 0.0889. The molecule has 92 valence electrons. The Kier molecular flexibility index (Phi) is 4.15. The second kappa shape index (κ2) is 5.82. The number of hydrogen-bond donors (Lipinski definition) is 2. The molecule has 1 fully saturated rings. The zero-order chi connectivity index (χ0) is 12.1. The maximum absolute atomic E-state index is 7.30. The highest BCUT2D eigenvalue weighted by atomic mass is 16.5. The smallest absolute Gasteiger partial charge is 0.122 e. The zero-order valence-corrected chi connectivity index (χ0v) is 10.1. The molecule has 0 bridgehead atoms. The maximum Gasteiger partial charge on any atom is 0.122 e. The Morgan fingerprint density at radius 3 is 2.47 bits per heavy atom. The lowest BCUT2D eigenvalue weighted by atomic mass is 10.1. The van der Waals surface area contributed by atoms with E-state index in [4.69, 9.17) is 15.9 Å². The summed E-state index contributed by atoms with van der Waals surface area (Å²) in [5.74, 6) is 0.884. The van der Waals surface area contributed by atoms with Gasteiger partial charge in [-0.25, -0.2) is 0 Å². The number of ether oxygens (including phenoxy) is 1. The molecule has 3 nitrogen and oxygen atoms in total. The molecule has 0 atom stereocenters. The molecule has 0 heterocycles. The fourth-order valence-corrected chi connectivity index (χ4v) is 2.30. The molecule has 0 amide bonds. The van der Waals surface area contributed by atoms with Crippen LogP contribution in [0.2, 0.25) is 0 Å². The summed E-state index contributed by atoms with van der Waals surface area (Å²) in [6.07, 6.45) is 5.37. The van der Waals surface area contributed by atoms with Crippen molar-refractivity contribution in [3.8, 4) is 0 Å². The molecule has 0 radical (unpaired) electrons. The van der Waals surface area contributed by atoms with Crippen LogP contribution in [-0.4, -0.2) is 12.4 Å². The first-order valence-corrected chi connectivity index (χ1v) is 6.27. The van der Waals surface area contributed by atoms with Gasteiger partial charge < -0.3 is 10.5 Å². The number of hydrogen-bond acceptors (Lipinski definition) is 2. The first-order chi connectivity index (χ1) is 8.25. The van der Waals surface area contributed by atoms with E-state index in [0.29, 0.717) is 6.61 Å². The van der Waals surface area contributed by atoms with E-state index in [9.17, 15) is 0 Å². The van der Waals surface area contributed by atoms with E-state index in [2.05, 4.69) is 0 Å². The minimum Gasteiger partial charge on any atom is -0.384 e. The van der Waals surface area contributed by atoms with Crippen LogP contribution in [0.4, 0.5) is 0 Å². The van der Waals surface area contributed by atoms with Gasteiger partial charge in [0.2, 0.25) is 0 Å². The van der Waals surface area contributed by atoms with Crippen molar-refractivity contribution in [2.75, 3.05) is 6.61 Å². The van der Waals surface area contributed by atoms with Crippen molar-refractivity contribution < 1.29 is 4.74 Å². The number of nitrogens with two attached hydrogens (primary N) is 1. The van der Waals surface area contributed by atoms with Gasteiger partial charge in [0.15, 0.2) is 0 Å². The molecule has 3 heteroatoms. The van der Waals surface area contributed by atoms with Crippen molar-refractivity contribution in [1.29, 1.82) is 5.41 Å². The molecule has 1 aliphatic carbocycles. The van der Waals surface area contributed by atoms with Crippen LogP contribution in [0.5, 0.6) is 0 Å². The van der Waals surface area contributed by atoms with E-state index in [0.717, 1.165) is 23.7 Å². The largest absolute Gasteiger partial charge is 0.384 e. The monoisotopic (exact) mass is 232 g/mol. The molecule has 1 aliphatic rings.